The zero-order valence-corrected chi connectivity index (χ0v) is 23.2. The van der Waals surface area contributed by atoms with Gasteiger partial charge in [0.2, 0.25) is 0 Å². The summed E-state index contributed by atoms with van der Waals surface area (Å²) >= 11 is 3.81. The van der Waals surface area contributed by atoms with Crippen molar-refractivity contribution in [2.24, 2.45) is 11.8 Å². The topological polar surface area (TPSA) is 27.7 Å². The summed E-state index contributed by atoms with van der Waals surface area (Å²) in [6.45, 7) is 8.28. The molecule has 190 valence electrons. The van der Waals surface area contributed by atoms with E-state index in [4.69, 9.17) is 14.2 Å². The fourth-order valence-corrected chi connectivity index (χ4v) is 6.08. The molecule has 0 amide bonds. The van der Waals surface area contributed by atoms with Crippen LogP contribution in [0.3, 0.4) is 0 Å². The van der Waals surface area contributed by atoms with Crippen LogP contribution in [0.5, 0.6) is 5.75 Å². The Morgan fingerprint density at radius 3 is 2.58 bits per heavy atom. The third-order valence-corrected chi connectivity index (χ3v) is 8.78. The number of hydrogen-bond acceptors (Lipinski definition) is 3. The zero-order chi connectivity index (χ0) is 25.1. The monoisotopic (exact) mass is 548 g/mol. The van der Waals surface area contributed by atoms with E-state index in [-0.39, 0.29) is 18.3 Å². The molecule has 0 bridgehead atoms. The lowest BCUT2D eigenvalue weighted by Crippen LogP contribution is -2.45. The van der Waals surface area contributed by atoms with E-state index in [0.717, 1.165) is 42.5 Å². The Hall–Kier alpha value is -2.14. The Morgan fingerprint density at radius 1 is 0.944 bits per heavy atom. The molecule has 0 N–H and O–H groups in total. The van der Waals surface area contributed by atoms with E-state index >= 15 is 0 Å². The molecule has 2 heterocycles. The lowest BCUT2D eigenvalue weighted by atomic mass is 9.78. The average molecular weight is 550 g/mol. The minimum absolute atomic E-state index is 0.00192. The number of aryl methyl sites for hydroxylation is 1. The smallest absolute Gasteiger partial charge is 0.122 e. The van der Waals surface area contributed by atoms with E-state index in [1.54, 1.807) is 0 Å². The molecule has 3 nitrogen and oxygen atoms in total. The van der Waals surface area contributed by atoms with E-state index in [0.29, 0.717) is 18.4 Å². The highest BCUT2D eigenvalue weighted by molar-refractivity contribution is 9.10. The quantitative estimate of drug-likeness (QED) is 0.298. The fraction of sp³-hybridized carbons (Fsp3) is 0.438. The maximum Gasteiger partial charge on any atom is 0.122 e. The SMILES string of the molecule is CC[C@H]1OC(c2ccc(Br)c(Cc3ccc4c(c3)CCCO4)c2)C(OCc2ccccc2)[C@@H](C)C1C. The van der Waals surface area contributed by atoms with Crippen molar-refractivity contribution >= 4 is 15.9 Å². The van der Waals surface area contributed by atoms with Crippen LogP contribution in [0.15, 0.2) is 71.2 Å². The first-order valence-electron chi connectivity index (χ1n) is 13.4. The maximum absolute atomic E-state index is 6.77. The molecule has 0 saturated carbocycles. The van der Waals surface area contributed by atoms with E-state index in [9.17, 15) is 0 Å². The highest BCUT2D eigenvalue weighted by Crippen LogP contribution is 2.42. The molecular weight excluding hydrogens is 512 g/mol. The Balaban J connectivity index is 1.41. The van der Waals surface area contributed by atoms with E-state index in [1.165, 1.54) is 27.8 Å². The number of hydrogen-bond donors (Lipinski definition) is 0. The molecule has 0 aliphatic carbocycles. The number of rotatable bonds is 7. The van der Waals surface area contributed by atoms with Gasteiger partial charge >= 0.3 is 0 Å². The minimum Gasteiger partial charge on any atom is -0.493 e. The summed E-state index contributed by atoms with van der Waals surface area (Å²) in [7, 11) is 0. The molecular formula is C32H37BrO3. The molecule has 2 aliphatic heterocycles. The predicted molar refractivity (Wildman–Crippen MR) is 148 cm³/mol. The van der Waals surface area contributed by atoms with Crippen molar-refractivity contribution in [2.75, 3.05) is 6.61 Å². The maximum atomic E-state index is 6.77. The van der Waals surface area contributed by atoms with Crippen LogP contribution in [0.2, 0.25) is 0 Å². The molecule has 3 aromatic rings. The fourth-order valence-electron chi connectivity index (χ4n) is 5.70. The minimum atomic E-state index is -0.0892. The van der Waals surface area contributed by atoms with Crippen LogP contribution in [0.4, 0.5) is 0 Å². The van der Waals surface area contributed by atoms with Crippen molar-refractivity contribution in [3.05, 3.63) is 99.0 Å². The first-order chi connectivity index (χ1) is 17.5. The number of halogens is 1. The normalized spacial score (nSPS) is 25.7. The molecule has 5 atom stereocenters. The molecule has 3 unspecified atom stereocenters. The third-order valence-electron chi connectivity index (χ3n) is 8.01. The summed E-state index contributed by atoms with van der Waals surface area (Å²) in [4.78, 5) is 0. The van der Waals surface area contributed by atoms with Crippen LogP contribution in [0.1, 0.15) is 67.5 Å². The molecule has 1 fully saturated rings. The first kappa shape index (κ1) is 25.5. The Labute approximate surface area is 224 Å². The van der Waals surface area contributed by atoms with Crippen LogP contribution in [0.25, 0.3) is 0 Å². The number of ether oxygens (including phenoxy) is 3. The van der Waals surface area contributed by atoms with Gasteiger partial charge < -0.3 is 14.2 Å². The van der Waals surface area contributed by atoms with Gasteiger partial charge in [-0.3, -0.25) is 0 Å². The molecule has 0 spiro atoms. The summed E-state index contributed by atoms with van der Waals surface area (Å²) in [5, 5.41) is 0. The summed E-state index contributed by atoms with van der Waals surface area (Å²) in [5.41, 5.74) is 6.30. The van der Waals surface area contributed by atoms with Crippen LogP contribution in [-0.2, 0) is 28.9 Å². The zero-order valence-electron chi connectivity index (χ0n) is 21.6. The molecule has 4 heteroatoms. The van der Waals surface area contributed by atoms with Gasteiger partial charge in [-0.1, -0.05) is 91.3 Å². The Bertz CT molecular complexity index is 1160. The van der Waals surface area contributed by atoms with Gasteiger partial charge in [0.25, 0.3) is 0 Å². The van der Waals surface area contributed by atoms with Gasteiger partial charge in [0.1, 0.15) is 11.9 Å². The largest absolute Gasteiger partial charge is 0.493 e. The van der Waals surface area contributed by atoms with Gasteiger partial charge in [-0.2, -0.15) is 0 Å². The Morgan fingerprint density at radius 2 is 1.78 bits per heavy atom. The molecule has 0 radical (unpaired) electrons. The number of benzene rings is 3. The van der Waals surface area contributed by atoms with Crippen LogP contribution in [0, 0.1) is 11.8 Å². The molecule has 3 aromatic carbocycles. The van der Waals surface area contributed by atoms with Crippen LogP contribution < -0.4 is 4.74 Å². The van der Waals surface area contributed by atoms with E-state index < -0.39 is 0 Å². The molecule has 2 aliphatic rings. The number of fused-ring (bicyclic) bond motifs is 1. The lowest BCUT2D eigenvalue weighted by molar-refractivity contribution is -0.194. The molecule has 1 saturated heterocycles. The van der Waals surface area contributed by atoms with Gasteiger partial charge in [0, 0.05) is 4.47 Å². The highest BCUT2D eigenvalue weighted by atomic mass is 79.9. The van der Waals surface area contributed by atoms with Crippen molar-refractivity contribution in [3.8, 4) is 5.75 Å². The standard InChI is InChI=1S/C32H37BrO3/c1-4-29-21(2)22(3)31(35-20-23-9-6-5-7-10-23)32(36-29)26-13-14-28(33)27(19-26)18-24-12-15-30-25(17-24)11-8-16-34-30/h5-7,9-10,12-15,17,19,21-22,29,31-32H,4,8,11,16,18,20H2,1-3H3/t21?,22-,29+,31?,32?/m0/s1. The second-order valence-corrected chi connectivity index (χ2v) is 11.3. The summed E-state index contributed by atoms with van der Waals surface area (Å²) in [6, 6.07) is 23.8. The molecule has 0 aromatic heterocycles. The summed E-state index contributed by atoms with van der Waals surface area (Å²) in [5.74, 6) is 1.88. The van der Waals surface area contributed by atoms with Gasteiger partial charge in [-0.25, -0.2) is 0 Å². The van der Waals surface area contributed by atoms with Gasteiger partial charge in [-0.05, 0) is 77.5 Å². The van der Waals surface area contributed by atoms with Crippen molar-refractivity contribution < 1.29 is 14.2 Å². The van der Waals surface area contributed by atoms with E-state index in [1.807, 2.05) is 6.07 Å². The Kier molecular flexibility index (Phi) is 8.15. The second kappa shape index (κ2) is 11.5. The van der Waals surface area contributed by atoms with Crippen LogP contribution in [-0.4, -0.2) is 18.8 Å². The first-order valence-corrected chi connectivity index (χ1v) is 14.2. The van der Waals surface area contributed by atoms with Crippen LogP contribution >= 0.6 is 15.9 Å². The van der Waals surface area contributed by atoms with Crippen molar-refractivity contribution in [3.63, 3.8) is 0 Å². The predicted octanol–water partition coefficient (Wildman–Crippen LogP) is 8.07. The summed E-state index contributed by atoms with van der Waals surface area (Å²) < 4.78 is 20.3. The lowest BCUT2D eigenvalue weighted by Gasteiger charge is -2.45. The van der Waals surface area contributed by atoms with Gasteiger partial charge in [0.05, 0.1) is 25.4 Å². The van der Waals surface area contributed by atoms with E-state index in [2.05, 4.69) is 97.4 Å². The average Bonchev–Trinajstić information content (AvgIpc) is 2.91. The highest BCUT2D eigenvalue weighted by Gasteiger charge is 2.42. The van der Waals surface area contributed by atoms with Crippen molar-refractivity contribution in [1.29, 1.82) is 0 Å². The van der Waals surface area contributed by atoms with Gasteiger partial charge in [0.15, 0.2) is 0 Å². The van der Waals surface area contributed by atoms with Gasteiger partial charge in [-0.15, -0.1) is 0 Å². The second-order valence-electron chi connectivity index (χ2n) is 10.4. The van der Waals surface area contributed by atoms with Crippen molar-refractivity contribution in [2.45, 2.75) is 71.4 Å². The third kappa shape index (κ3) is 5.56. The summed E-state index contributed by atoms with van der Waals surface area (Å²) in [6.07, 6.45) is 4.20. The van der Waals surface area contributed by atoms with Crippen molar-refractivity contribution in [1.82, 2.24) is 0 Å². The molecule has 36 heavy (non-hydrogen) atoms. The molecule has 5 rings (SSSR count).